The molecule has 0 aliphatic carbocycles. The van der Waals surface area contributed by atoms with Crippen molar-refractivity contribution in [2.24, 2.45) is 0 Å². The van der Waals surface area contributed by atoms with Gasteiger partial charge in [0.1, 0.15) is 11.2 Å². The number of fused-ring (bicyclic) bond motifs is 1. The number of hydrogen-bond acceptors (Lipinski definition) is 6. The smallest absolute Gasteiger partial charge is 0.343 e. The van der Waals surface area contributed by atoms with Crippen molar-refractivity contribution in [2.75, 3.05) is 11.9 Å². The van der Waals surface area contributed by atoms with E-state index < -0.39 is 12.1 Å². The monoisotopic (exact) mass is 436 g/mol. The number of thiophene rings is 1. The lowest BCUT2D eigenvalue weighted by Crippen LogP contribution is -2.38. The molecule has 2 aromatic carbocycles. The molecule has 160 valence electrons. The summed E-state index contributed by atoms with van der Waals surface area (Å²) in [5.41, 5.74) is 4.04. The van der Waals surface area contributed by atoms with Gasteiger partial charge in [0.25, 0.3) is 5.91 Å². The molecule has 1 aromatic heterocycles. The highest BCUT2D eigenvalue weighted by atomic mass is 32.1. The van der Waals surface area contributed by atoms with Crippen LogP contribution in [0.2, 0.25) is 0 Å². The van der Waals surface area contributed by atoms with Crippen LogP contribution in [0.5, 0.6) is 11.5 Å². The van der Waals surface area contributed by atoms with Gasteiger partial charge in [-0.15, -0.1) is 11.3 Å². The molecular weight excluding hydrogens is 412 g/mol. The van der Waals surface area contributed by atoms with Crippen LogP contribution in [0.3, 0.4) is 0 Å². The van der Waals surface area contributed by atoms with E-state index in [1.54, 1.807) is 35.6 Å². The second-order valence-corrected chi connectivity index (χ2v) is 8.66. The fourth-order valence-corrected chi connectivity index (χ4v) is 4.53. The van der Waals surface area contributed by atoms with E-state index in [0.29, 0.717) is 29.2 Å². The quantitative estimate of drug-likeness (QED) is 0.428. The molecule has 31 heavy (non-hydrogen) atoms. The van der Waals surface area contributed by atoms with Gasteiger partial charge in [0.15, 0.2) is 11.5 Å². The summed E-state index contributed by atoms with van der Waals surface area (Å²) in [5.74, 6) is 0.225. The molecule has 0 fully saturated rings. The van der Waals surface area contributed by atoms with Crippen molar-refractivity contribution in [3.8, 4) is 11.5 Å². The van der Waals surface area contributed by atoms with Crippen LogP contribution in [0.15, 0.2) is 42.5 Å². The van der Waals surface area contributed by atoms with E-state index in [2.05, 4.69) is 10.6 Å². The molecular formula is C24H24N2O4S. The van der Waals surface area contributed by atoms with E-state index in [1.165, 1.54) is 0 Å². The Bertz CT molecular complexity index is 1150. The Morgan fingerprint density at radius 2 is 1.77 bits per heavy atom. The summed E-state index contributed by atoms with van der Waals surface area (Å²) in [6.07, 6.45) is -0.404. The van der Waals surface area contributed by atoms with E-state index in [-0.39, 0.29) is 5.91 Å². The highest BCUT2D eigenvalue weighted by Crippen LogP contribution is 2.39. The Hall–Kier alpha value is -3.32. The molecule has 0 saturated heterocycles. The van der Waals surface area contributed by atoms with Crippen molar-refractivity contribution < 1.29 is 19.1 Å². The Morgan fingerprint density at radius 1 is 1.03 bits per heavy atom. The number of ether oxygens (including phenoxy) is 2. The van der Waals surface area contributed by atoms with Gasteiger partial charge in [-0.25, -0.2) is 4.79 Å². The third-order valence-electron chi connectivity index (χ3n) is 5.25. The third kappa shape index (κ3) is 4.14. The van der Waals surface area contributed by atoms with Gasteiger partial charge in [-0.3, -0.25) is 4.79 Å². The van der Waals surface area contributed by atoms with Crippen LogP contribution in [0.4, 0.5) is 5.00 Å². The van der Waals surface area contributed by atoms with Gasteiger partial charge >= 0.3 is 5.97 Å². The number of hydrogen-bond donors (Lipinski definition) is 2. The molecule has 3 aromatic rings. The topological polar surface area (TPSA) is 76.7 Å². The number of aryl methyl sites for hydroxylation is 2. The van der Waals surface area contributed by atoms with E-state index in [0.717, 1.165) is 26.6 Å². The molecule has 2 heterocycles. The molecule has 6 nitrogen and oxygen atoms in total. The lowest BCUT2D eigenvalue weighted by atomic mass is 10.1. The first-order chi connectivity index (χ1) is 14.9. The van der Waals surface area contributed by atoms with Gasteiger partial charge in [-0.05, 0) is 63.1 Å². The van der Waals surface area contributed by atoms with Crippen molar-refractivity contribution >= 4 is 28.2 Å². The second kappa shape index (κ2) is 8.43. The lowest BCUT2D eigenvalue weighted by Gasteiger charge is -2.27. The molecule has 0 unspecified atom stereocenters. The number of amides is 1. The van der Waals surface area contributed by atoms with Crippen molar-refractivity contribution in [3.05, 3.63) is 75.2 Å². The van der Waals surface area contributed by atoms with Crippen LogP contribution in [0.25, 0.3) is 0 Å². The van der Waals surface area contributed by atoms with Crippen LogP contribution in [0.1, 0.15) is 55.4 Å². The summed E-state index contributed by atoms with van der Waals surface area (Å²) in [4.78, 5) is 26.3. The standard InChI is InChI=1S/C24H24N2O4S/c1-5-29-19-12-17(21-25-22(27)20-14(3)15(4)31-23(20)26-21)10-11-18(19)30-24(28)16-8-6-13(2)7-9-16/h6-12,21,26H,5H2,1-4H3,(H,25,27)/t21-/m1/s1. The highest BCUT2D eigenvalue weighted by molar-refractivity contribution is 7.16. The van der Waals surface area contributed by atoms with Crippen LogP contribution >= 0.6 is 11.3 Å². The maximum atomic E-state index is 12.7. The molecule has 2 N–H and O–H groups in total. The molecule has 0 spiro atoms. The maximum absolute atomic E-state index is 12.7. The normalized spacial score (nSPS) is 15.0. The molecule has 1 amide bonds. The van der Waals surface area contributed by atoms with Crippen LogP contribution in [-0.2, 0) is 0 Å². The first kappa shape index (κ1) is 20.9. The number of carbonyl (C=O) groups is 2. The average Bonchev–Trinajstić information content (AvgIpc) is 3.04. The second-order valence-electron chi connectivity index (χ2n) is 7.43. The first-order valence-corrected chi connectivity index (χ1v) is 10.9. The number of benzene rings is 2. The minimum absolute atomic E-state index is 0.103. The molecule has 0 bridgehead atoms. The van der Waals surface area contributed by atoms with Crippen molar-refractivity contribution in [3.63, 3.8) is 0 Å². The van der Waals surface area contributed by atoms with Gasteiger partial charge in [0, 0.05) is 4.88 Å². The molecule has 1 atom stereocenters. The molecule has 0 radical (unpaired) electrons. The number of anilines is 1. The number of rotatable bonds is 5. The summed E-state index contributed by atoms with van der Waals surface area (Å²) in [6.45, 7) is 8.20. The fraction of sp³-hybridized carbons (Fsp3) is 0.250. The Kier molecular flexibility index (Phi) is 5.69. The molecule has 4 rings (SSSR count). The van der Waals surface area contributed by atoms with Crippen LogP contribution in [-0.4, -0.2) is 18.5 Å². The zero-order chi connectivity index (χ0) is 22.1. The summed E-state index contributed by atoms with van der Waals surface area (Å²) in [6, 6.07) is 12.5. The number of nitrogens with one attached hydrogen (secondary N) is 2. The summed E-state index contributed by atoms with van der Waals surface area (Å²) in [5, 5.41) is 7.24. The van der Waals surface area contributed by atoms with E-state index in [1.807, 2.05) is 45.9 Å². The van der Waals surface area contributed by atoms with Gasteiger partial charge in [0.05, 0.1) is 17.7 Å². The zero-order valence-corrected chi connectivity index (χ0v) is 18.7. The summed E-state index contributed by atoms with van der Waals surface area (Å²) >= 11 is 1.57. The molecule has 1 aliphatic rings. The average molecular weight is 437 g/mol. The summed E-state index contributed by atoms with van der Waals surface area (Å²) in [7, 11) is 0. The predicted octanol–water partition coefficient (Wildman–Crippen LogP) is 5.15. The number of carbonyl (C=O) groups excluding carboxylic acids is 2. The predicted molar refractivity (Wildman–Crippen MR) is 121 cm³/mol. The van der Waals surface area contributed by atoms with E-state index in [9.17, 15) is 9.59 Å². The minimum atomic E-state index is -0.452. The van der Waals surface area contributed by atoms with Crippen molar-refractivity contribution in [1.29, 1.82) is 0 Å². The Labute approximate surface area is 185 Å². The largest absolute Gasteiger partial charge is 0.490 e. The highest BCUT2D eigenvalue weighted by Gasteiger charge is 2.29. The van der Waals surface area contributed by atoms with Crippen LogP contribution in [0, 0.1) is 20.8 Å². The van der Waals surface area contributed by atoms with Gasteiger partial charge in [0.2, 0.25) is 0 Å². The Balaban J connectivity index is 1.59. The fourth-order valence-electron chi connectivity index (χ4n) is 3.44. The van der Waals surface area contributed by atoms with Gasteiger partial charge in [-0.2, -0.15) is 0 Å². The zero-order valence-electron chi connectivity index (χ0n) is 17.9. The summed E-state index contributed by atoms with van der Waals surface area (Å²) < 4.78 is 11.3. The third-order valence-corrected chi connectivity index (χ3v) is 6.39. The molecule has 0 saturated carbocycles. The first-order valence-electron chi connectivity index (χ1n) is 10.1. The maximum Gasteiger partial charge on any atom is 0.343 e. The molecule has 1 aliphatic heterocycles. The van der Waals surface area contributed by atoms with Crippen molar-refractivity contribution in [1.82, 2.24) is 5.32 Å². The van der Waals surface area contributed by atoms with Crippen molar-refractivity contribution in [2.45, 2.75) is 33.9 Å². The van der Waals surface area contributed by atoms with Gasteiger partial charge in [-0.1, -0.05) is 23.8 Å². The SMILES string of the molecule is CCOc1cc([C@@H]2NC(=O)c3c(sc(C)c3C)N2)ccc1OC(=O)c1ccc(C)cc1. The van der Waals surface area contributed by atoms with Gasteiger partial charge < -0.3 is 20.1 Å². The van der Waals surface area contributed by atoms with E-state index in [4.69, 9.17) is 9.47 Å². The lowest BCUT2D eigenvalue weighted by molar-refractivity contribution is 0.0728. The van der Waals surface area contributed by atoms with E-state index >= 15 is 0 Å². The Morgan fingerprint density at radius 3 is 2.48 bits per heavy atom. The molecule has 7 heteroatoms. The minimum Gasteiger partial charge on any atom is -0.490 e. The van der Waals surface area contributed by atoms with Crippen LogP contribution < -0.4 is 20.1 Å². The number of esters is 1.